The van der Waals surface area contributed by atoms with Crippen molar-refractivity contribution in [1.29, 1.82) is 0 Å². The lowest BCUT2D eigenvalue weighted by atomic mass is 10.0. The van der Waals surface area contributed by atoms with E-state index in [2.05, 4.69) is 33.4 Å². The minimum absolute atomic E-state index is 0.0128. The highest BCUT2D eigenvalue weighted by Gasteiger charge is 2.28. The molecule has 0 bridgehead atoms. The minimum atomic E-state index is -0.0128. The number of hydrogen-bond acceptors (Lipinski definition) is 2. The number of hydrogen-bond donors (Lipinski definition) is 1. The molecule has 0 spiro atoms. The molecule has 104 valence electrons. The van der Waals surface area contributed by atoms with Gasteiger partial charge in [0.2, 0.25) is 5.91 Å². The van der Waals surface area contributed by atoms with Crippen molar-refractivity contribution in [3.8, 4) is 0 Å². The second-order valence-corrected chi connectivity index (χ2v) is 5.85. The Morgan fingerprint density at radius 3 is 3.05 bits per heavy atom. The fraction of sp³-hybridized carbons (Fsp3) is 0.533. The molecule has 0 aliphatic carbocycles. The number of ether oxygens (including phenoxy) is 1. The number of rotatable bonds is 5. The summed E-state index contributed by atoms with van der Waals surface area (Å²) in [5.74, 6) is 0.0585. The molecule has 1 N–H and O–H groups in total. The zero-order valence-electron chi connectivity index (χ0n) is 11.2. The largest absolute Gasteiger partial charge is 0.378 e. The van der Waals surface area contributed by atoms with Gasteiger partial charge in [-0.1, -0.05) is 28.1 Å². The van der Waals surface area contributed by atoms with E-state index in [9.17, 15) is 4.79 Å². The second kappa shape index (κ2) is 7.06. The predicted molar refractivity (Wildman–Crippen MR) is 80.7 cm³/mol. The van der Waals surface area contributed by atoms with E-state index in [0.29, 0.717) is 6.61 Å². The molecule has 2 atom stereocenters. The lowest BCUT2D eigenvalue weighted by Crippen LogP contribution is -2.23. The van der Waals surface area contributed by atoms with E-state index in [1.807, 2.05) is 19.1 Å². The summed E-state index contributed by atoms with van der Waals surface area (Å²) in [6.45, 7) is 2.55. The van der Waals surface area contributed by atoms with Gasteiger partial charge in [-0.15, -0.1) is 0 Å². The maximum atomic E-state index is 12.1. The van der Waals surface area contributed by atoms with Crippen LogP contribution in [-0.4, -0.2) is 23.9 Å². The van der Waals surface area contributed by atoms with Crippen LogP contribution in [0.15, 0.2) is 24.3 Å². The molecule has 1 aromatic rings. The number of halogens is 1. The molecule has 0 saturated carbocycles. The lowest BCUT2D eigenvalue weighted by molar-refractivity contribution is -0.119. The average Bonchev–Trinajstić information content (AvgIpc) is 2.83. The number of amides is 1. The van der Waals surface area contributed by atoms with Gasteiger partial charge in [-0.2, -0.15) is 0 Å². The van der Waals surface area contributed by atoms with Gasteiger partial charge in [0.05, 0.1) is 18.6 Å². The first-order chi connectivity index (χ1) is 9.19. The predicted octanol–water partition coefficient (Wildman–Crippen LogP) is 3.38. The summed E-state index contributed by atoms with van der Waals surface area (Å²) in [7, 11) is 0. The molecule has 1 heterocycles. The number of alkyl halides is 1. The maximum Gasteiger partial charge on any atom is 0.229 e. The van der Waals surface area contributed by atoms with Gasteiger partial charge in [-0.05, 0) is 43.9 Å². The van der Waals surface area contributed by atoms with E-state index in [0.717, 1.165) is 30.3 Å². The van der Waals surface area contributed by atoms with Gasteiger partial charge < -0.3 is 10.1 Å². The fourth-order valence-corrected chi connectivity index (χ4v) is 2.60. The lowest BCUT2D eigenvalue weighted by Gasteiger charge is -2.10. The van der Waals surface area contributed by atoms with Gasteiger partial charge in [0.1, 0.15) is 0 Å². The Morgan fingerprint density at radius 1 is 1.53 bits per heavy atom. The first kappa shape index (κ1) is 14.5. The Balaban J connectivity index is 1.93. The normalized spacial score (nSPS) is 22.4. The van der Waals surface area contributed by atoms with Gasteiger partial charge in [-0.25, -0.2) is 0 Å². The third-order valence-electron chi connectivity index (χ3n) is 3.36. The molecule has 0 radical (unpaired) electrons. The summed E-state index contributed by atoms with van der Waals surface area (Å²) in [6.07, 6.45) is 3.14. The Morgan fingerprint density at radius 2 is 2.37 bits per heavy atom. The quantitative estimate of drug-likeness (QED) is 0.843. The van der Waals surface area contributed by atoms with Crippen LogP contribution in [0, 0.1) is 5.92 Å². The first-order valence-corrected chi connectivity index (χ1v) is 7.88. The van der Waals surface area contributed by atoms with E-state index in [1.54, 1.807) is 0 Å². The first-order valence-electron chi connectivity index (χ1n) is 6.76. The standard InChI is InChI=1S/C15H20BrNO2/c1-11-8-13(10-19-11)15(18)17-14-6-2-4-12(9-14)5-3-7-16/h2,4,6,9,11,13H,3,5,7-8,10H2,1H3,(H,17,18). The van der Waals surface area contributed by atoms with E-state index >= 15 is 0 Å². The van der Waals surface area contributed by atoms with Crippen LogP contribution < -0.4 is 5.32 Å². The molecule has 1 amide bonds. The second-order valence-electron chi connectivity index (χ2n) is 5.06. The van der Waals surface area contributed by atoms with Crippen molar-refractivity contribution in [1.82, 2.24) is 0 Å². The summed E-state index contributed by atoms with van der Waals surface area (Å²) < 4.78 is 5.44. The number of anilines is 1. The summed E-state index contributed by atoms with van der Waals surface area (Å²) in [5, 5.41) is 3.99. The van der Waals surface area contributed by atoms with Crippen molar-refractivity contribution < 1.29 is 9.53 Å². The molecule has 4 heteroatoms. The Labute approximate surface area is 122 Å². The van der Waals surface area contributed by atoms with Crippen LogP contribution in [0.1, 0.15) is 25.3 Å². The average molecular weight is 326 g/mol. The van der Waals surface area contributed by atoms with Crippen molar-refractivity contribution in [2.45, 2.75) is 32.3 Å². The van der Waals surface area contributed by atoms with E-state index in [1.165, 1.54) is 5.56 Å². The van der Waals surface area contributed by atoms with Crippen LogP contribution in [0.5, 0.6) is 0 Å². The highest BCUT2D eigenvalue weighted by atomic mass is 79.9. The smallest absolute Gasteiger partial charge is 0.229 e. The molecular weight excluding hydrogens is 306 g/mol. The summed E-state index contributed by atoms with van der Waals surface area (Å²) in [6, 6.07) is 8.08. The number of aryl methyl sites for hydroxylation is 1. The van der Waals surface area contributed by atoms with Crippen molar-refractivity contribution in [3.63, 3.8) is 0 Å². The topological polar surface area (TPSA) is 38.3 Å². The SMILES string of the molecule is CC1CC(C(=O)Nc2cccc(CCCBr)c2)CO1. The summed E-state index contributed by atoms with van der Waals surface area (Å²) in [4.78, 5) is 12.1. The van der Waals surface area contributed by atoms with Crippen molar-refractivity contribution in [3.05, 3.63) is 29.8 Å². The Bertz CT molecular complexity index is 436. The van der Waals surface area contributed by atoms with Crippen LogP contribution in [0.3, 0.4) is 0 Å². The molecule has 1 aliphatic rings. The Hall–Kier alpha value is -0.870. The van der Waals surface area contributed by atoms with Crippen LogP contribution in [-0.2, 0) is 16.0 Å². The molecule has 2 unspecified atom stereocenters. The van der Waals surface area contributed by atoms with Crippen molar-refractivity contribution >= 4 is 27.5 Å². The van der Waals surface area contributed by atoms with Crippen molar-refractivity contribution in [2.24, 2.45) is 5.92 Å². The molecule has 1 aromatic carbocycles. The zero-order valence-corrected chi connectivity index (χ0v) is 12.8. The third kappa shape index (κ3) is 4.32. The van der Waals surface area contributed by atoms with E-state index < -0.39 is 0 Å². The minimum Gasteiger partial charge on any atom is -0.378 e. The van der Waals surface area contributed by atoms with E-state index in [-0.39, 0.29) is 17.9 Å². The van der Waals surface area contributed by atoms with Gasteiger partial charge in [0, 0.05) is 11.0 Å². The van der Waals surface area contributed by atoms with Crippen LogP contribution >= 0.6 is 15.9 Å². The van der Waals surface area contributed by atoms with Crippen LogP contribution in [0.25, 0.3) is 0 Å². The molecule has 1 fully saturated rings. The summed E-state index contributed by atoms with van der Waals surface area (Å²) >= 11 is 3.43. The maximum absolute atomic E-state index is 12.1. The van der Waals surface area contributed by atoms with Gasteiger partial charge in [0.25, 0.3) is 0 Å². The third-order valence-corrected chi connectivity index (χ3v) is 3.92. The summed E-state index contributed by atoms with van der Waals surface area (Å²) in [5.41, 5.74) is 2.14. The van der Waals surface area contributed by atoms with Crippen LogP contribution in [0.2, 0.25) is 0 Å². The molecule has 1 aliphatic heterocycles. The number of carbonyl (C=O) groups excluding carboxylic acids is 1. The molecule has 2 rings (SSSR count). The number of benzene rings is 1. The molecule has 19 heavy (non-hydrogen) atoms. The Kier molecular flexibility index (Phi) is 5.40. The van der Waals surface area contributed by atoms with E-state index in [4.69, 9.17) is 4.74 Å². The highest BCUT2D eigenvalue weighted by Crippen LogP contribution is 2.21. The van der Waals surface area contributed by atoms with Gasteiger partial charge in [-0.3, -0.25) is 4.79 Å². The molecule has 1 saturated heterocycles. The monoisotopic (exact) mass is 325 g/mol. The number of carbonyl (C=O) groups is 1. The van der Waals surface area contributed by atoms with Gasteiger partial charge in [0.15, 0.2) is 0 Å². The van der Waals surface area contributed by atoms with Crippen molar-refractivity contribution in [2.75, 3.05) is 17.3 Å². The highest BCUT2D eigenvalue weighted by molar-refractivity contribution is 9.09. The molecular formula is C15H20BrNO2. The molecule has 3 nitrogen and oxygen atoms in total. The van der Waals surface area contributed by atoms with Crippen LogP contribution in [0.4, 0.5) is 5.69 Å². The zero-order chi connectivity index (χ0) is 13.7. The molecule has 0 aromatic heterocycles. The fourth-order valence-electron chi connectivity index (χ4n) is 2.32. The number of nitrogens with one attached hydrogen (secondary N) is 1. The van der Waals surface area contributed by atoms with Gasteiger partial charge >= 0.3 is 0 Å².